The number of aliphatic hydroxyl groups is 2. The van der Waals surface area contributed by atoms with Crippen LogP contribution >= 0.6 is 0 Å². The number of hydrogen-bond acceptors (Lipinski definition) is 13. The van der Waals surface area contributed by atoms with Crippen molar-refractivity contribution in [1.29, 1.82) is 0 Å². The summed E-state index contributed by atoms with van der Waals surface area (Å²) in [6, 6.07) is 4.03. The van der Waals surface area contributed by atoms with Crippen molar-refractivity contribution < 1.29 is 58.5 Å². The Morgan fingerprint density at radius 3 is 1.63 bits per heavy atom. The molecule has 0 fully saturated rings. The van der Waals surface area contributed by atoms with Crippen LogP contribution < -0.4 is 54.4 Å². The van der Waals surface area contributed by atoms with E-state index >= 15 is 0 Å². The van der Waals surface area contributed by atoms with Crippen LogP contribution in [0.3, 0.4) is 0 Å². The lowest BCUT2D eigenvalue weighted by atomic mass is 10.0. The third-order valence-electron chi connectivity index (χ3n) is 9.34. The fraction of sp³-hybridized carbons (Fsp3) is 0.488. The number of carbonyl (C=O) groups is 9. The molecule has 16 N–H and O–H groups in total. The molecule has 2 aromatic carbocycles. The number of amides is 9. The van der Waals surface area contributed by atoms with Crippen molar-refractivity contribution in [3.8, 4) is 5.75 Å². The van der Waals surface area contributed by atoms with Gasteiger partial charge < -0.3 is 69.7 Å². The summed E-state index contributed by atoms with van der Waals surface area (Å²) in [5.41, 5.74) is 17.2. The van der Waals surface area contributed by atoms with Gasteiger partial charge in [0.15, 0.2) is 0 Å². The molecule has 8 atom stereocenters. The maximum Gasteiger partial charge on any atom is 0.245 e. The lowest BCUT2D eigenvalue weighted by molar-refractivity contribution is -0.137. The van der Waals surface area contributed by atoms with Crippen LogP contribution in [0.25, 0.3) is 0 Å². The van der Waals surface area contributed by atoms with E-state index in [9.17, 15) is 58.5 Å². The van der Waals surface area contributed by atoms with Gasteiger partial charge in [-0.25, -0.2) is 0 Å². The van der Waals surface area contributed by atoms with Crippen molar-refractivity contribution in [2.75, 3.05) is 13.2 Å². The zero-order chi connectivity index (χ0) is 47.4. The third-order valence-corrected chi connectivity index (χ3v) is 9.34. The average Bonchev–Trinajstić information content (AvgIpc) is 3.21. The summed E-state index contributed by atoms with van der Waals surface area (Å²) >= 11 is 0. The van der Waals surface area contributed by atoms with E-state index in [-0.39, 0.29) is 30.9 Å². The summed E-state index contributed by atoms with van der Waals surface area (Å²) in [4.78, 5) is 117. The lowest BCUT2D eigenvalue weighted by Gasteiger charge is -2.28. The molecule has 22 heteroatoms. The molecule has 2 aromatic rings. The average molecular weight is 885 g/mol. The first kappa shape index (κ1) is 52.5. The summed E-state index contributed by atoms with van der Waals surface area (Å²) in [6.45, 7) is 4.67. The van der Waals surface area contributed by atoms with Gasteiger partial charge in [0, 0.05) is 19.3 Å². The van der Waals surface area contributed by atoms with Gasteiger partial charge in [-0.3, -0.25) is 43.2 Å². The molecule has 22 nitrogen and oxygen atoms in total. The summed E-state index contributed by atoms with van der Waals surface area (Å²) in [5, 5.41) is 47.2. The molecular formula is C41H60N10O12. The molecule has 8 unspecified atom stereocenters. The largest absolute Gasteiger partial charge is 0.508 e. The van der Waals surface area contributed by atoms with Gasteiger partial charge >= 0.3 is 0 Å². The molecule has 0 aliphatic carbocycles. The van der Waals surface area contributed by atoms with Gasteiger partial charge in [0.2, 0.25) is 53.2 Å². The zero-order valence-corrected chi connectivity index (χ0v) is 35.6. The number of aliphatic hydroxyl groups excluding tert-OH is 2. The predicted octanol–water partition coefficient (Wildman–Crippen LogP) is -4.28. The van der Waals surface area contributed by atoms with E-state index < -0.39 is 128 Å². The maximum atomic E-state index is 14.0. The number of phenolic OH excluding ortho intramolecular Hbond substituents is 1. The second-order valence-corrected chi connectivity index (χ2v) is 15.4. The van der Waals surface area contributed by atoms with Crippen LogP contribution in [0, 0.1) is 5.92 Å². The Kier molecular flexibility index (Phi) is 21.6. The molecule has 0 saturated heterocycles. The number of aromatic hydroxyl groups is 1. The molecule has 63 heavy (non-hydrogen) atoms. The fourth-order valence-electron chi connectivity index (χ4n) is 5.91. The van der Waals surface area contributed by atoms with Crippen LogP contribution in [0.5, 0.6) is 5.75 Å². The first-order valence-electron chi connectivity index (χ1n) is 20.1. The van der Waals surface area contributed by atoms with Crippen LogP contribution in [0.1, 0.15) is 58.1 Å². The van der Waals surface area contributed by atoms with Crippen molar-refractivity contribution in [3.05, 3.63) is 65.7 Å². The number of hydrogen-bond donors (Lipinski definition) is 13. The van der Waals surface area contributed by atoms with E-state index in [1.54, 1.807) is 30.3 Å². The molecule has 0 saturated carbocycles. The highest BCUT2D eigenvalue weighted by atomic mass is 16.3. The van der Waals surface area contributed by atoms with Crippen LogP contribution in [0.15, 0.2) is 54.6 Å². The Morgan fingerprint density at radius 2 is 1.11 bits per heavy atom. The minimum atomic E-state index is -1.76. The Morgan fingerprint density at radius 1 is 0.603 bits per heavy atom. The molecule has 0 bridgehead atoms. The molecule has 346 valence electrons. The summed E-state index contributed by atoms with van der Waals surface area (Å²) in [5.74, 6) is -8.25. The van der Waals surface area contributed by atoms with E-state index in [2.05, 4.69) is 37.2 Å². The van der Waals surface area contributed by atoms with Crippen molar-refractivity contribution in [2.24, 2.45) is 23.1 Å². The van der Waals surface area contributed by atoms with E-state index in [4.69, 9.17) is 17.2 Å². The summed E-state index contributed by atoms with van der Waals surface area (Å²) < 4.78 is 0. The topological polar surface area (TPSA) is 377 Å². The molecule has 0 aliphatic heterocycles. The SMILES string of the molecule is CC(C)CC(NC(=O)CNC(=O)C(Cc1ccccc1)NC(=O)C(NC(=O)C(Cc1ccc(O)cc1)NC(=O)C(CCC(N)=O)NC(=O)C(CO)NC(=O)C(C)N)C(C)O)C(N)=O. The quantitative estimate of drug-likeness (QED) is 0.0426. The lowest BCUT2D eigenvalue weighted by Crippen LogP contribution is -2.62. The highest BCUT2D eigenvalue weighted by Crippen LogP contribution is 2.13. The maximum absolute atomic E-state index is 14.0. The van der Waals surface area contributed by atoms with Crippen molar-refractivity contribution in [1.82, 2.24) is 37.2 Å². The van der Waals surface area contributed by atoms with Gasteiger partial charge in [0.25, 0.3) is 0 Å². The highest BCUT2D eigenvalue weighted by molar-refractivity contribution is 5.97. The number of primary amides is 2. The molecule has 0 aromatic heterocycles. The van der Waals surface area contributed by atoms with Gasteiger partial charge in [0.05, 0.1) is 25.3 Å². The fourth-order valence-corrected chi connectivity index (χ4v) is 5.91. The normalized spacial score (nSPS) is 14.8. The first-order chi connectivity index (χ1) is 29.6. The minimum Gasteiger partial charge on any atom is -0.508 e. The second-order valence-electron chi connectivity index (χ2n) is 15.4. The number of nitrogens with one attached hydrogen (secondary N) is 7. The zero-order valence-electron chi connectivity index (χ0n) is 35.6. The van der Waals surface area contributed by atoms with Gasteiger partial charge in [-0.1, -0.05) is 56.3 Å². The predicted molar refractivity (Wildman–Crippen MR) is 226 cm³/mol. The Hall–Kier alpha value is -6.65. The van der Waals surface area contributed by atoms with Crippen LogP contribution in [-0.2, 0) is 56.0 Å². The third kappa shape index (κ3) is 18.9. The van der Waals surface area contributed by atoms with Crippen LogP contribution in [0.4, 0.5) is 0 Å². The number of benzene rings is 2. The smallest absolute Gasteiger partial charge is 0.245 e. The summed E-state index contributed by atoms with van der Waals surface area (Å²) in [6.07, 6.45) is -2.58. The van der Waals surface area contributed by atoms with Crippen molar-refractivity contribution >= 4 is 53.2 Å². The second kappa shape index (κ2) is 26.0. The van der Waals surface area contributed by atoms with E-state index in [0.717, 1.165) is 0 Å². The highest BCUT2D eigenvalue weighted by Gasteiger charge is 2.35. The molecule has 0 spiro atoms. The Labute approximate surface area is 364 Å². The van der Waals surface area contributed by atoms with E-state index in [1.165, 1.54) is 38.1 Å². The Balaban J connectivity index is 2.39. The van der Waals surface area contributed by atoms with Crippen molar-refractivity contribution in [3.63, 3.8) is 0 Å². The van der Waals surface area contributed by atoms with Crippen molar-refractivity contribution in [2.45, 2.75) is 108 Å². The number of phenols is 1. The Bertz CT molecular complexity index is 1900. The number of rotatable bonds is 26. The van der Waals surface area contributed by atoms with Gasteiger partial charge in [-0.05, 0) is 55.9 Å². The van der Waals surface area contributed by atoms with Crippen LogP contribution in [0.2, 0.25) is 0 Å². The molecule has 2 rings (SSSR count). The van der Waals surface area contributed by atoms with Gasteiger partial charge in [-0.15, -0.1) is 0 Å². The minimum absolute atomic E-state index is 0.00978. The molecule has 0 aliphatic rings. The number of carbonyl (C=O) groups excluding carboxylic acids is 9. The van der Waals surface area contributed by atoms with Crippen LogP contribution in [-0.4, -0.2) is 130 Å². The summed E-state index contributed by atoms with van der Waals surface area (Å²) in [7, 11) is 0. The molecule has 0 radical (unpaired) electrons. The monoisotopic (exact) mass is 884 g/mol. The van der Waals surface area contributed by atoms with Gasteiger partial charge in [-0.2, -0.15) is 0 Å². The first-order valence-corrected chi connectivity index (χ1v) is 20.1. The van der Waals surface area contributed by atoms with Gasteiger partial charge in [0.1, 0.15) is 42.0 Å². The molecular weight excluding hydrogens is 825 g/mol. The number of nitrogens with two attached hydrogens (primary N) is 3. The standard InChI is InChI=1S/C41H60N10O12/c1-21(2)16-28(35(44)57)46-33(56)19-45-37(59)29(17-24-8-6-5-7-9-24)49-41(63)34(23(4)53)51-39(61)30(18-25-10-12-26(54)13-11-25)48-38(60)27(14-15-32(43)55)47-40(62)31(20-52)50-36(58)22(3)42/h5-13,21-23,27-31,34,52-54H,14-20,42H2,1-4H3,(H2,43,55)(H2,44,57)(H,45,59)(H,46,56)(H,47,62)(H,48,60)(H,49,63)(H,50,58)(H,51,61). The molecule has 0 heterocycles. The van der Waals surface area contributed by atoms with E-state index in [0.29, 0.717) is 11.1 Å². The van der Waals surface area contributed by atoms with E-state index in [1.807, 2.05) is 13.8 Å². The molecule has 9 amide bonds.